The molecule has 0 bridgehead atoms. The van der Waals surface area contributed by atoms with E-state index in [9.17, 15) is 8.42 Å². The molecule has 7 heteroatoms. The van der Waals surface area contributed by atoms with Gasteiger partial charge in [0.2, 0.25) is 10.0 Å². The molecule has 20 heavy (non-hydrogen) atoms. The third kappa shape index (κ3) is 3.34. The van der Waals surface area contributed by atoms with E-state index < -0.39 is 10.0 Å². The van der Waals surface area contributed by atoms with Crippen molar-refractivity contribution in [1.82, 2.24) is 0 Å². The van der Waals surface area contributed by atoms with Gasteiger partial charge in [0.05, 0.1) is 10.4 Å². The molecule has 0 saturated heterocycles. The van der Waals surface area contributed by atoms with E-state index in [1.54, 1.807) is 23.9 Å². The highest BCUT2D eigenvalue weighted by Gasteiger charge is 2.32. The summed E-state index contributed by atoms with van der Waals surface area (Å²) >= 11 is 1.66. The number of anilines is 1. The summed E-state index contributed by atoms with van der Waals surface area (Å²) in [7, 11) is -3.68. The van der Waals surface area contributed by atoms with E-state index in [0.717, 1.165) is 23.8 Å². The van der Waals surface area contributed by atoms with Crippen molar-refractivity contribution in [1.29, 1.82) is 0 Å². The number of amidine groups is 1. The molecule has 0 fully saturated rings. The SMILES string of the molecule is CCC1(CC)CSC(Nc2cccc(S(N)(=O)=O)c2)=N1. The minimum Gasteiger partial charge on any atom is -0.335 e. The Hall–Kier alpha value is -1.05. The standard InChI is InChI=1S/C13H19N3O2S2/c1-3-13(4-2)9-19-12(16-13)15-10-6-5-7-11(8-10)20(14,17)18/h5-8H,3-4,9H2,1-2H3,(H,15,16)(H2,14,17,18). The van der Waals surface area contributed by atoms with Crippen LogP contribution in [0.5, 0.6) is 0 Å². The summed E-state index contributed by atoms with van der Waals surface area (Å²) in [5.74, 6) is 0.956. The molecule has 0 aromatic heterocycles. The van der Waals surface area contributed by atoms with Gasteiger partial charge in [-0.1, -0.05) is 31.7 Å². The van der Waals surface area contributed by atoms with Gasteiger partial charge in [0.25, 0.3) is 0 Å². The van der Waals surface area contributed by atoms with E-state index in [1.807, 2.05) is 0 Å². The Morgan fingerprint density at radius 1 is 1.40 bits per heavy atom. The number of aliphatic imine (C=N–C) groups is 1. The average Bonchev–Trinajstić information content (AvgIpc) is 2.82. The Labute approximate surface area is 124 Å². The Morgan fingerprint density at radius 3 is 2.65 bits per heavy atom. The number of benzene rings is 1. The topological polar surface area (TPSA) is 84.5 Å². The predicted octanol–water partition coefficient (Wildman–Crippen LogP) is 2.41. The lowest BCUT2D eigenvalue weighted by atomic mass is 9.97. The van der Waals surface area contributed by atoms with Gasteiger partial charge in [-0.25, -0.2) is 13.6 Å². The van der Waals surface area contributed by atoms with Crippen LogP contribution in [0.2, 0.25) is 0 Å². The van der Waals surface area contributed by atoms with Crippen LogP contribution in [-0.4, -0.2) is 24.9 Å². The fourth-order valence-electron chi connectivity index (χ4n) is 2.03. The average molecular weight is 313 g/mol. The molecule has 1 aromatic rings. The lowest BCUT2D eigenvalue weighted by Gasteiger charge is -2.20. The van der Waals surface area contributed by atoms with E-state index in [1.165, 1.54) is 12.1 Å². The summed E-state index contributed by atoms with van der Waals surface area (Å²) in [5, 5.41) is 9.13. The van der Waals surface area contributed by atoms with Gasteiger partial charge in [-0.3, -0.25) is 4.99 Å². The number of sulfonamides is 1. The molecule has 1 aliphatic heterocycles. The van der Waals surface area contributed by atoms with Gasteiger partial charge in [-0.2, -0.15) is 0 Å². The highest BCUT2D eigenvalue weighted by Crippen LogP contribution is 2.33. The number of hydrogen-bond acceptors (Lipinski definition) is 5. The summed E-state index contributed by atoms with van der Waals surface area (Å²) in [6.45, 7) is 4.27. The Kier molecular flexibility index (Phi) is 4.41. The summed E-state index contributed by atoms with van der Waals surface area (Å²) in [6.07, 6.45) is 2.00. The molecule has 0 saturated carbocycles. The van der Waals surface area contributed by atoms with E-state index in [4.69, 9.17) is 10.1 Å². The van der Waals surface area contributed by atoms with Gasteiger partial charge in [0.1, 0.15) is 0 Å². The first-order chi connectivity index (χ1) is 9.38. The number of hydrogen-bond donors (Lipinski definition) is 2. The van der Waals surface area contributed by atoms with Crippen LogP contribution in [-0.2, 0) is 10.0 Å². The summed E-state index contributed by atoms with van der Waals surface area (Å²) < 4.78 is 22.7. The van der Waals surface area contributed by atoms with Crippen LogP contribution in [0.3, 0.4) is 0 Å². The van der Waals surface area contributed by atoms with Gasteiger partial charge in [0, 0.05) is 11.4 Å². The van der Waals surface area contributed by atoms with E-state index >= 15 is 0 Å². The molecule has 0 radical (unpaired) electrons. The number of rotatable bonds is 4. The zero-order valence-corrected chi connectivity index (χ0v) is 13.2. The number of nitrogens with zero attached hydrogens (tertiary/aromatic N) is 1. The van der Waals surface area contributed by atoms with Gasteiger partial charge in [-0.15, -0.1) is 0 Å². The maximum absolute atomic E-state index is 11.3. The second-order valence-electron chi connectivity index (χ2n) is 4.83. The second kappa shape index (κ2) is 5.75. The Bertz CT molecular complexity index is 622. The first kappa shape index (κ1) is 15.3. The van der Waals surface area contributed by atoms with Gasteiger partial charge >= 0.3 is 0 Å². The van der Waals surface area contributed by atoms with Crippen LogP contribution in [0.15, 0.2) is 34.2 Å². The van der Waals surface area contributed by atoms with E-state index in [-0.39, 0.29) is 10.4 Å². The first-order valence-electron chi connectivity index (χ1n) is 6.51. The van der Waals surface area contributed by atoms with Crippen molar-refractivity contribution in [3.63, 3.8) is 0 Å². The molecule has 0 amide bonds. The number of nitrogens with two attached hydrogens (primary N) is 1. The van der Waals surface area contributed by atoms with Crippen molar-refractivity contribution in [2.24, 2.45) is 10.1 Å². The quantitative estimate of drug-likeness (QED) is 0.894. The van der Waals surface area contributed by atoms with Crippen LogP contribution in [0.1, 0.15) is 26.7 Å². The zero-order valence-electron chi connectivity index (χ0n) is 11.6. The van der Waals surface area contributed by atoms with Gasteiger partial charge < -0.3 is 5.32 Å². The van der Waals surface area contributed by atoms with Crippen molar-refractivity contribution in [3.05, 3.63) is 24.3 Å². The smallest absolute Gasteiger partial charge is 0.238 e. The molecular weight excluding hydrogens is 294 g/mol. The van der Waals surface area contributed by atoms with E-state index in [2.05, 4.69) is 19.2 Å². The van der Waals surface area contributed by atoms with Crippen molar-refractivity contribution >= 4 is 32.6 Å². The molecule has 0 unspecified atom stereocenters. The number of primary sulfonamides is 1. The Balaban J connectivity index is 2.20. The van der Waals surface area contributed by atoms with Crippen LogP contribution in [0.4, 0.5) is 5.69 Å². The fraction of sp³-hybridized carbons (Fsp3) is 0.462. The predicted molar refractivity (Wildman–Crippen MR) is 84.6 cm³/mol. The van der Waals surface area contributed by atoms with Crippen LogP contribution in [0.25, 0.3) is 0 Å². The highest BCUT2D eigenvalue weighted by molar-refractivity contribution is 8.14. The zero-order chi connectivity index (χ0) is 14.8. The van der Waals surface area contributed by atoms with Crippen LogP contribution in [0, 0.1) is 0 Å². The highest BCUT2D eigenvalue weighted by atomic mass is 32.2. The molecule has 1 aromatic carbocycles. The fourth-order valence-corrected chi connectivity index (χ4v) is 3.92. The minimum atomic E-state index is -3.68. The van der Waals surface area contributed by atoms with Gasteiger partial charge in [0.15, 0.2) is 5.17 Å². The third-order valence-corrected chi connectivity index (χ3v) is 5.61. The molecule has 110 valence electrons. The molecule has 1 aliphatic rings. The molecule has 5 nitrogen and oxygen atoms in total. The largest absolute Gasteiger partial charge is 0.335 e. The molecule has 1 heterocycles. The van der Waals surface area contributed by atoms with Crippen molar-refractivity contribution in [3.8, 4) is 0 Å². The molecule has 2 rings (SSSR count). The normalized spacial score (nSPS) is 17.9. The Morgan fingerprint density at radius 2 is 2.10 bits per heavy atom. The maximum atomic E-state index is 11.3. The van der Waals surface area contributed by atoms with Gasteiger partial charge in [-0.05, 0) is 31.0 Å². The third-order valence-electron chi connectivity index (χ3n) is 3.55. The molecule has 0 spiro atoms. The van der Waals surface area contributed by atoms with Crippen LogP contribution < -0.4 is 10.5 Å². The summed E-state index contributed by atoms with van der Waals surface area (Å²) in [6, 6.07) is 6.47. The molecule has 0 aliphatic carbocycles. The van der Waals surface area contributed by atoms with Crippen molar-refractivity contribution < 1.29 is 8.42 Å². The van der Waals surface area contributed by atoms with Crippen molar-refractivity contribution in [2.45, 2.75) is 37.1 Å². The maximum Gasteiger partial charge on any atom is 0.238 e. The number of nitrogens with one attached hydrogen (secondary N) is 1. The summed E-state index contributed by atoms with van der Waals surface area (Å²) in [4.78, 5) is 4.83. The molecule has 0 atom stereocenters. The van der Waals surface area contributed by atoms with Crippen molar-refractivity contribution in [2.75, 3.05) is 11.1 Å². The second-order valence-corrected chi connectivity index (χ2v) is 7.36. The summed E-state index contributed by atoms with van der Waals surface area (Å²) in [5.41, 5.74) is 0.690. The monoisotopic (exact) mass is 313 g/mol. The minimum absolute atomic E-state index is 0.00452. The number of thioether (sulfide) groups is 1. The lowest BCUT2D eigenvalue weighted by molar-refractivity contribution is 0.456. The van der Waals surface area contributed by atoms with Crippen LogP contribution >= 0.6 is 11.8 Å². The molecule has 3 N–H and O–H groups in total. The lowest BCUT2D eigenvalue weighted by Crippen LogP contribution is -2.24. The molecular formula is C13H19N3O2S2. The van der Waals surface area contributed by atoms with E-state index in [0.29, 0.717) is 5.69 Å². The first-order valence-corrected chi connectivity index (χ1v) is 9.04.